The maximum absolute atomic E-state index is 3.35. The van der Waals surface area contributed by atoms with Gasteiger partial charge in [-0.2, -0.15) is 0 Å². The Hall–Kier alpha value is 2.32. The standard InChI is InChI=1S/HI2P2/c1-4(2)3/h3H/q-1. The van der Waals surface area contributed by atoms with Crippen LogP contribution in [0.5, 0.6) is 0 Å². The molecular weight excluding hydrogens is 316 g/mol. The van der Waals surface area contributed by atoms with E-state index in [0.717, 1.165) is 0 Å². The Morgan fingerprint density at radius 2 is 1.50 bits per heavy atom. The highest BCUT2D eigenvalue weighted by molar-refractivity contribution is 14.3. The highest BCUT2D eigenvalue weighted by atomic mass is 127. The molecule has 0 aromatic heterocycles. The molecule has 4 heteroatoms. The normalized spacial score (nSPS) is 9.00. The van der Waals surface area contributed by atoms with Crippen molar-refractivity contribution in [3.63, 3.8) is 0 Å². The second-order valence-electron chi connectivity index (χ2n) is 0.233. The summed E-state index contributed by atoms with van der Waals surface area (Å²) in [5.74, 6) is 0. The highest BCUT2D eigenvalue weighted by Crippen LogP contribution is 2.60. The van der Waals surface area contributed by atoms with E-state index in [1.54, 1.807) is 0 Å². The van der Waals surface area contributed by atoms with Crippen molar-refractivity contribution in [1.29, 1.82) is 0 Å². The van der Waals surface area contributed by atoms with Crippen LogP contribution >= 0.6 is 55.9 Å². The van der Waals surface area contributed by atoms with Gasteiger partial charge in [0.25, 0.3) is 0 Å². The fourth-order valence-corrected chi connectivity index (χ4v) is 0. The molecule has 0 amide bonds. The SMILES string of the molecule is [PH-]P(I)I. The van der Waals surface area contributed by atoms with Crippen molar-refractivity contribution in [3.8, 4) is 0 Å². The maximum Gasteiger partial charge on any atom is -0.0776 e. The number of hydrogen-bond acceptors (Lipinski definition) is 0. The zero-order chi connectivity index (χ0) is 3.58. The van der Waals surface area contributed by atoms with Crippen LogP contribution in [-0.2, 0) is 0 Å². The molecule has 0 atom stereocenters. The molecule has 0 heterocycles. The van der Waals surface area contributed by atoms with E-state index in [1.165, 1.54) is 0 Å². The van der Waals surface area contributed by atoms with E-state index >= 15 is 0 Å². The van der Waals surface area contributed by atoms with Gasteiger partial charge in [0.15, 0.2) is 0 Å². The summed E-state index contributed by atoms with van der Waals surface area (Å²) < 4.78 is 0.125. The van der Waals surface area contributed by atoms with Crippen LogP contribution in [0.4, 0.5) is 0 Å². The third kappa shape index (κ3) is 8.85. The lowest BCUT2D eigenvalue weighted by Gasteiger charge is -1.92. The van der Waals surface area contributed by atoms with Gasteiger partial charge < -0.3 is 8.93 Å². The van der Waals surface area contributed by atoms with Gasteiger partial charge in [0.05, 0.1) is 0 Å². The van der Waals surface area contributed by atoms with Gasteiger partial charge in [-0.25, -0.2) is 0 Å². The third-order valence-corrected chi connectivity index (χ3v) is 0. The van der Waals surface area contributed by atoms with Gasteiger partial charge in [-0.15, -0.1) is 2.90 Å². The molecule has 0 rings (SSSR count). The molecule has 0 aliphatic carbocycles. The Labute approximate surface area is 55.3 Å². The smallest absolute Gasteiger partial charge is 0.0776 e. The quantitative estimate of drug-likeness (QED) is 0.475. The molecule has 0 N–H and O–H groups in total. The Balaban J connectivity index is 2.32. The number of hydrogen-bond donors (Lipinski definition) is 0. The first-order valence-corrected chi connectivity index (χ1v) is 8.82. The molecule has 0 nitrogen and oxygen atoms in total. The Kier molecular flexibility index (Phi) is 5.54. The molecule has 0 aliphatic rings. The first kappa shape index (κ1) is 6.32. The van der Waals surface area contributed by atoms with Crippen LogP contribution in [0.25, 0.3) is 0 Å². The van der Waals surface area contributed by atoms with Gasteiger partial charge in [-0.05, 0) is 0 Å². The van der Waals surface area contributed by atoms with Crippen LogP contribution in [0.2, 0.25) is 0 Å². The minimum absolute atomic E-state index is 0.125. The van der Waals surface area contributed by atoms with Crippen LogP contribution in [0.15, 0.2) is 0 Å². The van der Waals surface area contributed by atoms with Crippen molar-refractivity contribution in [1.82, 2.24) is 0 Å². The lowest BCUT2D eigenvalue weighted by atomic mass is 30.0. The predicted octanol–water partition coefficient (Wildman–Crippen LogP) is 3.23. The fraction of sp³-hybridized carbons (Fsp3) is 0. The summed E-state index contributed by atoms with van der Waals surface area (Å²) in [7, 11) is 3.35. The first-order chi connectivity index (χ1) is 1.73. The molecule has 0 spiro atoms. The Morgan fingerprint density at radius 3 is 1.50 bits per heavy atom. The van der Waals surface area contributed by atoms with E-state index in [-0.39, 0.29) is 2.90 Å². The van der Waals surface area contributed by atoms with E-state index in [0.29, 0.717) is 0 Å². The number of rotatable bonds is 0. The second-order valence-corrected chi connectivity index (χ2v) is 18.8. The van der Waals surface area contributed by atoms with Gasteiger partial charge in [-0.3, -0.25) is 0 Å². The lowest BCUT2D eigenvalue weighted by molar-refractivity contribution is 5.79. The van der Waals surface area contributed by atoms with Crippen molar-refractivity contribution < 1.29 is 0 Å². The molecule has 0 aromatic rings. The third-order valence-electron chi connectivity index (χ3n) is 0. The Bertz CT molecular complexity index is 8.75. The largest absolute Gasteiger partial charge is 0.504 e. The summed E-state index contributed by atoms with van der Waals surface area (Å²) in [5, 5.41) is 0. The van der Waals surface area contributed by atoms with Crippen molar-refractivity contribution in [2.75, 3.05) is 0 Å². The van der Waals surface area contributed by atoms with Gasteiger partial charge in [-0.1, -0.05) is 44.1 Å². The number of halogens is 2. The van der Waals surface area contributed by atoms with Gasteiger partial charge in [0.2, 0.25) is 0 Å². The average molecular weight is 317 g/mol. The molecule has 0 aliphatic heterocycles. The summed E-state index contributed by atoms with van der Waals surface area (Å²) in [5.41, 5.74) is 0. The molecule has 26 valence electrons. The van der Waals surface area contributed by atoms with E-state index in [2.05, 4.69) is 53.0 Å². The molecule has 0 saturated carbocycles. The molecule has 0 bridgehead atoms. The van der Waals surface area contributed by atoms with Crippen LogP contribution < -0.4 is 0 Å². The van der Waals surface area contributed by atoms with Crippen molar-refractivity contribution in [2.24, 2.45) is 0 Å². The minimum atomic E-state index is 0.125. The summed E-state index contributed by atoms with van der Waals surface area (Å²) >= 11 is 4.62. The van der Waals surface area contributed by atoms with Gasteiger partial charge in [0.1, 0.15) is 0 Å². The van der Waals surface area contributed by atoms with Crippen molar-refractivity contribution >= 4 is 55.9 Å². The molecule has 0 fully saturated rings. The van der Waals surface area contributed by atoms with E-state index in [4.69, 9.17) is 0 Å². The maximum atomic E-state index is 3.35. The fourth-order valence-electron chi connectivity index (χ4n) is 0. The molecule has 0 aromatic carbocycles. The molecule has 0 radical (unpaired) electrons. The summed E-state index contributed by atoms with van der Waals surface area (Å²) in [6.45, 7) is 0. The summed E-state index contributed by atoms with van der Waals surface area (Å²) in [6.07, 6.45) is 0. The molecule has 0 unspecified atom stereocenters. The topological polar surface area (TPSA) is 0 Å². The van der Waals surface area contributed by atoms with Gasteiger partial charge >= 0.3 is 0 Å². The van der Waals surface area contributed by atoms with Crippen LogP contribution in [0, 0.1) is 0 Å². The minimum Gasteiger partial charge on any atom is -0.504 e. The zero-order valence-electron chi connectivity index (χ0n) is 1.70. The van der Waals surface area contributed by atoms with Crippen molar-refractivity contribution in [3.05, 3.63) is 0 Å². The molecular formula is HI2P2-. The average Bonchev–Trinajstić information content (AvgIpc) is 0.811. The second kappa shape index (κ2) is 3.51. The van der Waals surface area contributed by atoms with E-state index in [9.17, 15) is 0 Å². The van der Waals surface area contributed by atoms with Crippen molar-refractivity contribution in [2.45, 2.75) is 0 Å². The predicted molar refractivity (Wildman–Crippen MR) is 43.3 cm³/mol. The lowest BCUT2D eigenvalue weighted by Crippen LogP contribution is -0.862. The van der Waals surface area contributed by atoms with Crippen LogP contribution in [-0.4, -0.2) is 0 Å². The van der Waals surface area contributed by atoms with E-state index in [1.807, 2.05) is 0 Å². The molecule has 0 saturated heterocycles. The van der Waals surface area contributed by atoms with Crippen LogP contribution in [0.3, 0.4) is 0 Å². The van der Waals surface area contributed by atoms with E-state index < -0.39 is 0 Å². The monoisotopic (exact) mass is 317 g/mol. The zero-order valence-corrected chi connectivity index (χ0v) is 7.91. The highest BCUT2D eigenvalue weighted by Gasteiger charge is 1.56. The Morgan fingerprint density at radius 1 is 1.50 bits per heavy atom. The first-order valence-electron chi connectivity index (χ1n) is 0.562. The van der Waals surface area contributed by atoms with Crippen LogP contribution in [0.1, 0.15) is 0 Å². The molecule has 4 heavy (non-hydrogen) atoms. The van der Waals surface area contributed by atoms with Gasteiger partial charge in [0, 0.05) is 0 Å². The summed E-state index contributed by atoms with van der Waals surface area (Å²) in [4.78, 5) is 0. The summed E-state index contributed by atoms with van der Waals surface area (Å²) in [6, 6.07) is 0.